The lowest BCUT2D eigenvalue weighted by molar-refractivity contribution is -0.303. The summed E-state index contributed by atoms with van der Waals surface area (Å²) in [7, 11) is 0. The molecule has 1 rings (SSSR count). The van der Waals surface area contributed by atoms with Gasteiger partial charge in [0.2, 0.25) is 5.91 Å². The van der Waals surface area contributed by atoms with E-state index in [9.17, 15) is 40.5 Å². The normalized spacial score (nSPS) is 20.6. The molecule has 9 unspecified atom stereocenters. The van der Waals surface area contributed by atoms with Gasteiger partial charge in [0.1, 0.15) is 36.6 Å². The third kappa shape index (κ3) is 37.2. The molecule has 9 atom stereocenters. The molecule has 0 aromatic heterocycles. The molecule has 1 aliphatic rings. The molecule has 1 aliphatic heterocycles. The Bertz CT molecular complexity index is 1340. The van der Waals surface area contributed by atoms with Crippen molar-refractivity contribution in [2.24, 2.45) is 0 Å². The van der Waals surface area contributed by atoms with Gasteiger partial charge in [-0.2, -0.15) is 0 Å². The average Bonchev–Trinajstić information content (AvgIpc) is 3.37. The number of carbonyl (C=O) groups excluding carboxylic acids is 1. The topological polar surface area (TPSA) is 189 Å². The Morgan fingerprint density at radius 3 is 1.37 bits per heavy atom. The van der Waals surface area contributed by atoms with Crippen molar-refractivity contribution in [3.63, 3.8) is 0 Å². The van der Waals surface area contributed by atoms with Crippen LogP contribution in [0.5, 0.6) is 0 Å². The van der Waals surface area contributed by atoms with Crippen LogP contribution < -0.4 is 5.32 Å². The van der Waals surface area contributed by atoms with Gasteiger partial charge in [-0.3, -0.25) is 4.79 Å². The molecule has 11 heteroatoms. The number of nitrogens with one attached hydrogen (secondary N) is 1. The van der Waals surface area contributed by atoms with Crippen molar-refractivity contribution in [2.45, 2.75) is 300 Å². The fourth-order valence-corrected chi connectivity index (χ4v) is 8.99. The number of amides is 1. The minimum Gasteiger partial charge on any atom is -0.394 e. The first kappa shape index (κ1) is 66.8. The maximum atomic E-state index is 13.1. The Morgan fingerprint density at radius 1 is 0.493 bits per heavy atom. The van der Waals surface area contributed by atoms with Crippen LogP contribution in [-0.2, 0) is 14.3 Å². The van der Waals surface area contributed by atoms with Gasteiger partial charge in [-0.05, 0) is 89.9 Å². The molecule has 0 aliphatic carbocycles. The van der Waals surface area contributed by atoms with Gasteiger partial charge in [0.05, 0.1) is 25.4 Å². The molecular weight excluding hydrogens is 895 g/mol. The molecule has 71 heavy (non-hydrogen) atoms. The van der Waals surface area contributed by atoms with Crippen LogP contribution in [-0.4, -0.2) is 110 Å². The molecule has 1 heterocycles. The van der Waals surface area contributed by atoms with Crippen molar-refractivity contribution in [3.05, 3.63) is 60.8 Å². The summed E-state index contributed by atoms with van der Waals surface area (Å²) in [5.74, 6) is -0.726. The van der Waals surface area contributed by atoms with E-state index in [1.807, 2.05) is 0 Å². The van der Waals surface area contributed by atoms with Crippen molar-refractivity contribution in [3.8, 4) is 0 Å². The maximum Gasteiger partial charge on any atom is 0.249 e. The fourth-order valence-electron chi connectivity index (χ4n) is 8.99. The Kier molecular flexibility index (Phi) is 45.9. The molecule has 0 radical (unpaired) electrons. The standard InChI is InChI=1S/C60H109NO10/c1-3-5-7-9-11-13-15-17-19-20-21-22-23-24-25-26-27-28-29-30-31-32-33-34-36-37-39-41-43-45-47-52(63)55(65)51(50-70-60-58(68)57(67)56(66)54(49-62)71-60)61-59(69)53(64)48-46-44-42-40-38-35-18-16-14-12-10-8-6-4-2/h12,14,16,18,29-30,33-34,39,41,51-58,60,62-68H,3-11,13,15,17,19-28,31-32,35-38,40,42-50H2,1-2H3,(H,61,69)/b14-12-,18-16-,30-29+,34-33+,41-39+. The van der Waals surface area contributed by atoms with Crippen LogP contribution in [0, 0.1) is 0 Å². The van der Waals surface area contributed by atoms with Crippen molar-refractivity contribution in [1.82, 2.24) is 5.32 Å². The minimum absolute atomic E-state index is 0.229. The second kappa shape index (κ2) is 48.7. The molecule has 1 amide bonds. The van der Waals surface area contributed by atoms with E-state index in [1.54, 1.807) is 0 Å². The molecule has 1 saturated heterocycles. The van der Waals surface area contributed by atoms with Crippen molar-refractivity contribution >= 4 is 5.91 Å². The van der Waals surface area contributed by atoms with E-state index < -0.39 is 74.2 Å². The van der Waals surface area contributed by atoms with Gasteiger partial charge in [0.15, 0.2) is 6.29 Å². The molecule has 0 aromatic rings. The number of allylic oxidation sites excluding steroid dienone is 10. The van der Waals surface area contributed by atoms with Gasteiger partial charge in [-0.1, -0.05) is 216 Å². The monoisotopic (exact) mass is 1000 g/mol. The highest BCUT2D eigenvalue weighted by atomic mass is 16.7. The summed E-state index contributed by atoms with van der Waals surface area (Å²) in [6, 6.07) is -1.20. The maximum absolute atomic E-state index is 13.1. The van der Waals surface area contributed by atoms with Crippen LogP contribution in [0.3, 0.4) is 0 Å². The highest BCUT2D eigenvalue weighted by Gasteiger charge is 2.44. The quantitative estimate of drug-likeness (QED) is 0.0165. The third-order valence-corrected chi connectivity index (χ3v) is 13.8. The predicted octanol–water partition coefficient (Wildman–Crippen LogP) is 12.2. The molecule has 0 aromatic carbocycles. The lowest BCUT2D eigenvalue weighted by Crippen LogP contribution is -2.60. The van der Waals surface area contributed by atoms with Crippen LogP contribution in [0.1, 0.15) is 245 Å². The van der Waals surface area contributed by atoms with Crippen LogP contribution in [0.25, 0.3) is 0 Å². The van der Waals surface area contributed by atoms with Gasteiger partial charge >= 0.3 is 0 Å². The SMILES string of the molecule is CCCCC/C=C\C=C/CCCCCCCC(O)C(=O)NC(COC1OC(CO)C(O)C(O)C1O)C(O)C(O)CCC/C=C/CC/C=C/CC/C=C/CCCCCCCCCCCCCCCCCCC. The summed E-state index contributed by atoms with van der Waals surface area (Å²) in [5.41, 5.74) is 0. The fraction of sp³-hybridized carbons (Fsp3) is 0.817. The Hall–Kier alpha value is -2.19. The van der Waals surface area contributed by atoms with E-state index in [4.69, 9.17) is 9.47 Å². The number of rotatable bonds is 49. The van der Waals surface area contributed by atoms with Gasteiger partial charge in [0, 0.05) is 0 Å². The largest absolute Gasteiger partial charge is 0.394 e. The minimum atomic E-state index is -1.68. The number of aliphatic hydroxyl groups excluding tert-OH is 7. The summed E-state index contributed by atoms with van der Waals surface area (Å²) in [5, 5.41) is 76.0. The number of aliphatic hydroxyl groups is 7. The molecule has 1 fully saturated rings. The van der Waals surface area contributed by atoms with E-state index >= 15 is 0 Å². The molecule has 8 N–H and O–H groups in total. The number of unbranched alkanes of at least 4 members (excludes halogenated alkanes) is 28. The molecule has 0 saturated carbocycles. The van der Waals surface area contributed by atoms with Crippen LogP contribution in [0.2, 0.25) is 0 Å². The second-order valence-electron chi connectivity index (χ2n) is 20.4. The average molecular weight is 1000 g/mol. The first-order valence-corrected chi connectivity index (χ1v) is 29.2. The van der Waals surface area contributed by atoms with Gasteiger partial charge < -0.3 is 50.5 Å². The lowest BCUT2D eigenvalue weighted by Gasteiger charge is -2.40. The summed E-state index contributed by atoms with van der Waals surface area (Å²) in [6.45, 7) is 3.40. The van der Waals surface area contributed by atoms with Crippen LogP contribution >= 0.6 is 0 Å². The number of hydrogen-bond acceptors (Lipinski definition) is 10. The highest BCUT2D eigenvalue weighted by molar-refractivity contribution is 5.80. The Morgan fingerprint density at radius 2 is 0.887 bits per heavy atom. The van der Waals surface area contributed by atoms with Crippen molar-refractivity contribution in [1.29, 1.82) is 0 Å². The number of carbonyl (C=O) groups is 1. The molecule has 414 valence electrons. The Labute approximate surface area is 433 Å². The van der Waals surface area contributed by atoms with Gasteiger partial charge in [-0.15, -0.1) is 0 Å². The van der Waals surface area contributed by atoms with E-state index in [0.29, 0.717) is 19.3 Å². The molecule has 0 bridgehead atoms. The van der Waals surface area contributed by atoms with E-state index in [1.165, 1.54) is 135 Å². The lowest BCUT2D eigenvalue weighted by atomic mass is 9.98. The van der Waals surface area contributed by atoms with Crippen LogP contribution in [0.4, 0.5) is 0 Å². The molecule has 11 nitrogen and oxygen atoms in total. The number of ether oxygens (including phenoxy) is 2. The van der Waals surface area contributed by atoms with Crippen molar-refractivity contribution < 1.29 is 50.0 Å². The zero-order chi connectivity index (χ0) is 51.8. The molecule has 0 spiro atoms. The number of hydrogen-bond donors (Lipinski definition) is 8. The predicted molar refractivity (Wildman–Crippen MR) is 293 cm³/mol. The smallest absolute Gasteiger partial charge is 0.249 e. The molecular formula is C60H109NO10. The summed E-state index contributed by atoms with van der Waals surface area (Å²) in [4.78, 5) is 13.1. The Balaban J connectivity index is 2.31. The first-order chi connectivity index (χ1) is 34.7. The summed E-state index contributed by atoms with van der Waals surface area (Å²) in [6.07, 6.45) is 51.5. The summed E-state index contributed by atoms with van der Waals surface area (Å²) < 4.78 is 11.1. The zero-order valence-electron chi connectivity index (χ0n) is 45.2. The van der Waals surface area contributed by atoms with Crippen LogP contribution in [0.15, 0.2) is 60.8 Å². The van der Waals surface area contributed by atoms with E-state index in [2.05, 4.69) is 79.9 Å². The second-order valence-corrected chi connectivity index (χ2v) is 20.4. The van der Waals surface area contributed by atoms with Gasteiger partial charge in [0.25, 0.3) is 0 Å². The zero-order valence-corrected chi connectivity index (χ0v) is 45.2. The van der Waals surface area contributed by atoms with E-state index in [0.717, 1.165) is 64.2 Å². The summed E-state index contributed by atoms with van der Waals surface area (Å²) >= 11 is 0. The highest BCUT2D eigenvalue weighted by Crippen LogP contribution is 2.23. The third-order valence-electron chi connectivity index (χ3n) is 13.8. The first-order valence-electron chi connectivity index (χ1n) is 29.2. The van der Waals surface area contributed by atoms with Gasteiger partial charge in [-0.25, -0.2) is 0 Å². The van der Waals surface area contributed by atoms with Crippen molar-refractivity contribution in [2.75, 3.05) is 13.2 Å². The van der Waals surface area contributed by atoms with E-state index in [-0.39, 0.29) is 12.8 Å².